The SMILES string of the molecule is [C-]#[N+]C1=C[C@@]2(C)c3nc(-c4ccnc(N5CCCCC5)c4)nc(-c4ccccc4F)c3CC[C@@H]2[C@@H](C)C1=O. The van der Waals surface area contributed by atoms with Crippen LogP contribution in [0.25, 0.3) is 27.5 Å². The number of carbonyl (C=O) groups is 1. The van der Waals surface area contributed by atoms with E-state index >= 15 is 4.39 Å². The minimum absolute atomic E-state index is 0.00516. The Bertz CT molecular complexity index is 1500. The van der Waals surface area contributed by atoms with Crippen LogP contribution in [0.1, 0.15) is 50.8 Å². The molecular weight excluding hydrogens is 477 g/mol. The molecule has 3 atom stereocenters. The van der Waals surface area contributed by atoms with Gasteiger partial charge in [-0.2, -0.15) is 0 Å². The lowest BCUT2D eigenvalue weighted by molar-refractivity contribution is -0.121. The average Bonchev–Trinajstić information content (AvgIpc) is 2.95. The van der Waals surface area contributed by atoms with Gasteiger partial charge in [0.1, 0.15) is 11.6 Å². The smallest absolute Gasteiger partial charge is 0.226 e. The summed E-state index contributed by atoms with van der Waals surface area (Å²) in [5.41, 5.74) is 3.05. The molecule has 1 fully saturated rings. The van der Waals surface area contributed by atoms with E-state index in [-0.39, 0.29) is 29.1 Å². The highest BCUT2D eigenvalue weighted by Crippen LogP contribution is 2.51. The fourth-order valence-electron chi connectivity index (χ4n) is 6.60. The molecule has 0 spiro atoms. The van der Waals surface area contributed by atoms with Gasteiger partial charge in [-0.25, -0.2) is 24.2 Å². The van der Waals surface area contributed by atoms with Gasteiger partial charge >= 0.3 is 0 Å². The average molecular weight is 508 g/mol. The third kappa shape index (κ3) is 3.91. The summed E-state index contributed by atoms with van der Waals surface area (Å²) in [6.45, 7) is 13.6. The molecule has 38 heavy (non-hydrogen) atoms. The second kappa shape index (κ2) is 9.43. The number of piperidine rings is 1. The van der Waals surface area contributed by atoms with Crippen molar-refractivity contribution in [2.75, 3.05) is 18.0 Å². The fraction of sp³-hybridized carbons (Fsp3) is 0.387. The van der Waals surface area contributed by atoms with Crippen LogP contribution in [0.15, 0.2) is 54.4 Å². The lowest BCUT2D eigenvalue weighted by atomic mass is 9.58. The second-order valence-corrected chi connectivity index (χ2v) is 10.9. The first-order chi connectivity index (χ1) is 18.4. The van der Waals surface area contributed by atoms with E-state index in [2.05, 4.69) is 21.7 Å². The third-order valence-electron chi connectivity index (χ3n) is 8.63. The van der Waals surface area contributed by atoms with Gasteiger partial charge in [0.25, 0.3) is 0 Å². The summed E-state index contributed by atoms with van der Waals surface area (Å²) < 4.78 is 15.2. The predicted molar refractivity (Wildman–Crippen MR) is 145 cm³/mol. The Morgan fingerprint density at radius 1 is 1.13 bits per heavy atom. The van der Waals surface area contributed by atoms with Crippen LogP contribution in [-0.2, 0) is 16.6 Å². The van der Waals surface area contributed by atoms with Crippen LogP contribution in [0.5, 0.6) is 0 Å². The van der Waals surface area contributed by atoms with E-state index in [0.29, 0.717) is 23.5 Å². The number of anilines is 1. The molecule has 3 aromatic rings. The van der Waals surface area contributed by atoms with Crippen LogP contribution in [0.3, 0.4) is 0 Å². The Morgan fingerprint density at radius 2 is 1.92 bits per heavy atom. The lowest BCUT2D eigenvalue weighted by Crippen LogP contribution is -2.46. The number of aromatic nitrogens is 3. The number of hydrogen-bond acceptors (Lipinski definition) is 5. The first kappa shape index (κ1) is 24.4. The third-order valence-corrected chi connectivity index (χ3v) is 8.63. The molecule has 0 amide bonds. The Balaban J connectivity index is 1.58. The van der Waals surface area contributed by atoms with Crippen molar-refractivity contribution in [2.24, 2.45) is 11.8 Å². The molecule has 1 aromatic carbocycles. The maximum absolute atomic E-state index is 15.2. The first-order valence-electron chi connectivity index (χ1n) is 13.4. The summed E-state index contributed by atoms with van der Waals surface area (Å²) in [7, 11) is 0. The number of carbonyl (C=O) groups excluding carboxylic acids is 1. The highest BCUT2D eigenvalue weighted by molar-refractivity contribution is 6.00. The molecule has 7 heteroatoms. The van der Waals surface area contributed by atoms with E-state index in [1.807, 2.05) is 25.1 Å². The molecule has 0 bridgehead atoms. The van der Waals surface area contributed by atoms with Crippen molar-refractivity contribution in [1.29, 1.82) is 0 Å². The molecule has 0 N–H and O–H groups in total. The largest absolute Gasteiger partial charge is 0.357 e. The number of hydrogen-bond donors (Lipinski definition) is 0. The Kier molecular flexibility index (Phi) is 6.06. The van der Waals surface area contributed by atoms with Crippen molar-refractivity contribution in [3.8, 4) is 22.6 Å². The van der Waals surface area contributed by atoms with E-state index in [9.17, 15) is 4.79 Å². The van der Waals surface area contributed by atoms with Crippen molar-refractivity contribution >= 4 is 11.6 Å². The zero-order valence-electron chi connectivity index (χ0n) is 21.7. The van der Waals surface area contributed by atoms with Gasteiger partial charge < -0.3 is 9.69 Å². The van der Waals surface area contributed by atoms with Crippen molar-refractivity contribution < 1.29 is 9.18 Å². The number of fused-ring (bicyclic) bond motifs is 3. The summed E-state index contributed by atoms with van der Waals surface area (Å²) in [6.07, 6.45) is 8.50. The minimum Gasteiger partial charge on any atom is -0.357 e. The number of halogens is 1. The molecule has 2 aromatic heterocycles. The van der Waals surface area contributed by atoms with Gasteiger partial charge in [0.05, 0.1) is 18.0 Å². The van der Waals surface area contributed by atoms with Crippen molar-refractivity contribution in [2.45, 2.75) is 51.4 Å². The van der Waals surface area contributed by atoms with E-state index in [4.69, 9.17) is 16.5 Å². The van der Waals surface area contributed by atoms with Gasteiger partial charge in [-0.05, 0) is 62.3 Å². The normalized spacial score (nSPS) is 24.7. The minimum atomic E-state index is -0.638. The zero-order valence-corrected chi connectivity index (χ0v) is 21.7. The highest BCUT2D eigenvalue weighted by atomic mass is 19.1. The van der Waals surface area contributed by atoms with Gasteiger partial charge in [-0.3, -0.25) is 0 Å². The molecule has 1 saturated heterocycles. The van der Waals surface area contributed by atoms with Gasteiger partial charge in [-0.15, -0.1) is 0 Å². The molecule has 3 aliphatic rings. The van der Waals surface area contributed by atoms with Crippen LogP contribution in [0.4, 0.5) is 10.2 Å². The molecule has 1 aliphatic heterocycles. The van der Waals surface area contributed by atoms with E-state index < -0.39 is 5.41 Å². The standard InChI is InChI=1S/C31H30FN5O/c1-19-23-12-11-22-27(21-9-5-6-10-24(21)32)35-30(36-29(22)31(23,2)18-25(33-3)28(19)38)20-13-14-34-26(17-20)37-15-7-4-8-16-37/h5-6,9-10,13-14,17-19,23H,4,7-8,11-12,15-16H2,1-2H3/t19-,23-,31-/m1/s1. The van der Waals surface area contributed by atoms with Gasteiger partial charge in [0.15, 0.2) is 11.6 Å². The summed E-state index contributed by atoms with van der Waals surface area (Å²) in [5.74, 6) is 0.684. The summed E-state index contributed by atoms with van der Waals surface area (Å²) in [5, 5.41) is 0. The highest BCUT2D eigenvalue weighted by Gasteiger charge is 2.49. The Morgan fingerprint density at radius 3 is 2.68 bits per heavy atom. The number of benzene rings is 1. The van der Waals surface area contributed by atoms with Crippen LogP contribution < -0.4 is 4.90 Å². The van der Waals surface area contributed by atoms with E-state index in [0.717, 1.165) is 55.0 Å². The molecule has 6 nitrogen and oxygen atoms in total. The Hall–Kier alpha value is -3.92. The maximum atomic E-state index is 15.2. The monoisotopic (exact) mass is 507 g/mol. The van der Waals surface area contributed by atoms with Crippen LogP contribution in [0, 0.1) is 24.2 Å². The summed E-state index contributed by atoms with van der Waals surface area (Å²) in [6, 6.07) is 10.6. The molecule has 0 saturated carbocycles. The van der Waals surface area contributed by atoms with E-state index in [1.54, 1.807) is 24.4 Å². The van der Waals surface area contributed by atoms with Gasteiger partial charge in [-0.1, -0.05) is 32.1 Å². The molecule has 3 heterocycles. The fourth-order valence-corrected chi connectivity index (χ4v) is 6.60. The van der Waals surface area contributed by atoms with Crippen molar-refractivity contribution in [1.82, 2.24) is 15.0 Å². The predicted octanol–water partition coefficient (Wildman–Crippen LogP) is 6.18. The topological polar surface area (TPSA) is 63.3 Å². The second-order valence-electron chi connectivity index (χ2n) is 10.9. The van der Waals surface area contributed by atoms with Crippen molar-refractivity contribution in [3.05, 3.63) is 82.9 Å². The molecule has 0 unspecified atom stereocenters. The lowest BCUT2D eigenvalue weighted by Gasteiger charge is -2.46. The zero-order chi connectivity index (χ0) is 26.4. The summed E-state index contributed by atoms with van der Waals surface area (Å²) in [4.78, 5) is 33.5. The van der Waals surface area contributed by atoms with Crippen molar-refractivity contribution in [3.63, 3.8) is 0 Å². The molecule has 2 aliphatic carbocycles. The quantitative estimate of drug-likeness (QED) is 0.396. The molecule has 192 valence electrons. The van der Waals surface area contributed by atoms with Gasteiger partial charge in [0, 0.05) is 47.3 Å². The number of Topliss-reactive ketones (excluding diaryl/α,β-unsaturated/α-hetero) is 1. The first-order valence-corrected chi connectivity index (χ1v) is 13.4. The number of rotatable bonds is 3. The molecule has 6 rings (SSSR count). The van der Waals surface area contributed by atoms with Crippen LogP contribution >= 0.6 is 0 Å². The van der Waals surface area contributed by atoms with E-state index in [1.165, 1.54) is 12.5 Å². The number of pyridine rings is 1. The molecule has 0 radical (unpaired) electrons. The Labute approximate surface area is 222 Å². The van der Waals surface area contributed by atoms with Crippen LogP contribution in [0.2, 0.25) is 0 Å². The summed E-state index contributed by atoms with van der Waals surface area (Å²) >= 11 is 0. The molecular formula is C31H30FN5O. The van der Waals surface area contributed by atoms with Crippen LogP contribution in [-0.4, -0.2) is 33.8 Å². The maximum Gasteiger partial charge on any atom is 0.226 e. The number of nitrogens with zero attached hydrogens (tertiary/aromatic N) is 5. The van der Waals surface area contributed by atoms with Gasteiger partial charge in [0.2, 0.25) is 5.70 Å². The number of ketones is 1. The number of allylic oxidation sites excluding steroid dienone is 2.